The Hall–Kier alpha value is -1.63. The highest BCUT2D eigenvalue weighted by Crippen LogP contribution is 2.04. The highest BCUT2D eigenvalue weighted by molar-refractivity contribution is 5.98. The Balaban J connectivity index is 4.37. The molecule has 1 unspecified atom stereocenters. The number of rotatable bonds is 6. The van der Waals surface area contributed by atoms with E-state index in [1.54, 1.807) is 7.05 Å². The second kappa shape index (κ2) is 8.47. The SMILES string of the molecule is CNC(=O)NC(=O)C(C)NC(=O)[C@H](CC(C)C)NC. The van der Waals surface area contributed by atoms with E-state index in [1.807, 2.05) is 13.8 Å². The van der Waals surface area contributed by atoms with E-state index in [-0.39, 0.29) is 11.9 Å². The van der Waals surface area contributed by atoms with Gasteiger partial charge in [-0.3, -0.25) is 14.9 Å². The molecule has 110 valence electrons. The Morgan fingerprint density at radius 3 is 2.00 bits per heavy atom. The first kappa shape index (κ1) is 17.4. The molecule has 0 radical (unpaired) electrons. The molecule has 0 aromatic carbocycles. The van der Waals surface area contributed by atoms with Crippen LogP contribution < -0.4 is 21.3 Å². The van der Waals surface area contributed by atoms with Crippen molar-refractivity contribution in [2.24, 2.45) is 5.92 Å². The zero-order chi connectivity index (χ0) is 15.0. The molecule has 0 aliphatic rings. The first-order chi connectivity index (χ1) is 8.81. The van der Waals surface area contributed by atoms with Crippen LogP contribution in [-0.4, -0.2) is 44.0 Å². The van der Waals surface area contributed by atoms with Gasteiger partial charge in [0.05, 0.1) is 6.04 Å². The Bertz CT molecular complexity index is 331. The van der Waals surface area contributed by atoms with E-state index in [0.717, 1.165) is 0 Å². The van der Waals surface area contributed by atoms with E-state index in [2.05, 4.69) is 21.3 Å². The van der Waals surface area contributed by atoms with Crippen LogP contribution in [0.1, 0.15) is 27.2 Å². The van der Waals surface area contributed by atoms with Crippen LogP contribution in [0.5, 0.6) is 0 Å². The molecule has 0 saturated carbocycles. The number of carbonyl (C=O) groups excluding carboxylic acids is 3. The van der Waals surface area contributed by atoms with Crippen LogP contribution in [-0.2, 0) is 9.59 Å². The number of likely N-dealkylation sites (N-methyl/N-ethyl adjacent to an activating group) is 1. The fourth-order valence-electron chi connectivity index (χ4n) is 1.49. The van der Waals surface area contributed by atoms with Crippen molar-refractivity contribution in [3.8, 4) is 0 Å². The fraction of sp³-hybridized carbons (Fsp3) is 0.750. The van der Waals surface area contributed by atoms with Crippen LogP contribution in [0.3, 0.4) is 0 Å². The maximum absolute atomic E-state index is 11.9. The summed E-state index contributed by atoms with van der Waals surface area (Å²) in [5, 5.41) is 9.85. The predicted molar refractivity (Wildman–Crippen MR) is 72.5 cm³/mol. The summed E-state index contributed by atoms with van der Waals surface area (Å²) in [7, 11) is 3.10. The smallest absolute Gasteiger partial charge is 0.321 e. The van der Waals surface area contributed by atoms with E-state index in [0.29, 0.717) is 12.3 Å². The summed E-state index contributed by atoms with van der Waals surface area (Å²) >= 11 is 0. The van der Waals surface area contributed by atoms with E-state index in [1.165, 1.54) is 14.0 Å². The van der Waals surface area contributed by atoms with Gasteiger partial charge < -0.3 is 16.0 Å². The molecular weight excluding hydrogens is 248 g/mol. The molecule has 4 amide bonds. The van der Waals surface area contributed by atoms with Crippen molar-refractivity contribution in [1.29, 1.82) is 0 Å². The highest BCUT2D eigenvalue weighted by Gasteiger charge is 2.22. The van der Waals surface area contributed by atoms with Crippen molar-refractivity contribution >= 4 is 17.8 Å². The van der Waals surface area contributed by atoms with E-state index in [9.17, 15) is 14.4 Å². The Morgan fingerprint density at radius 1 is 1.00 bits per heavy atom. The molecule has 2 atom stereocenters. The monoisotopic (exact) mass is 272 g/mol. The van der Waals surface area contributed by atoms with Crippen molar-refractivity contribution < 1.29 is 14.4 Å². The van der Waals surface area contributed by atoms with Gasteiger partial charge in [-0.05, 0) is 26.3 Å². The Morgan fingerprint density at radius 2 is 1.58 bits per heavy atom. The molecule has 0 aromatic heterocycles. The summed E-state index contributed by atoms with van der Waals surface area (Å²) < 4.78 is 0. The number of hydrogen-bond acceptors (Lipinski definition) is 4. The van der Waals surface area contributed by atoms with Gasteiger partial charge in [0, 0.05) is 7.05 Å². The lowest BCUT2D eigenvalue weighted by molar-refractivity contribution is -0.129. The molecule has 0 fully saturated rings. The Labute approximate surface area is 113 Å². The summed E-state index contributed by atoms with van der Waals surface area (Å²) in [6.07, 6.45) is 0.673. The molecule has 0 aromatic rings. The number of amides is 4. The lowest BCUT2D eigenvalue weighted by Gasteiger charge is -2.20. The van der Waals surface area contributed by atoms with Crippen LogP contribution >= 0.6 is 0 Å². The quantitative estimate of drug-likeness (QED) is 0.528. The average Bonchev–Trinajstić information content (AvgIpc) is 2.34. The van der Waals surface area contributed by atoms with Gasteiger partial charge in [-0.15, -0.1) is 0 Å². The molecule has 0 heterocycles. The Kier molecular flexibility index (Phi) is 7.74. The standard InChI is InChI=1S/C12H24N4O3/c1-7(2)6-9(13-4)11(18)15-8(3)10(17)16-12(19)14-5/h7-9,13H,6H2,1-5H3,(H,15,18)(H2,14,16,17,19)/t8?,9-/m0/s1. The van der Waals surface area contributed by atoms with Gasteiger partial charge in [0.1, 0.15) is 6.04 Å². The first-order valence-corrected chi connectivity index (χ1v) is 6.32. The van der Waals surface area contributed by atoms with Gasteiger partial charge in [-0.25, -0.2) is 4.79 Å². The van der Waals surface area contributed by atoms with Gasteiger partial charge in [0.2, 0.25) is 11.8 Å². The molecular formula is C12H24N4O3. The van der Waals surface area contributed by atoms with Gasteiger partial charge in [-0.2, -0.15) is 0 Å². The molecule has 0 spiro atoms. The fourth-order valence-corrected chi connectivity index (χ4v) is 1.49. The zero-order valence-corrected chi connectivity index (χ0v) is 12.2. The van der Waals surface area contributed by atoms with Crippen LogP contribution in [0.2, 0.25) is 0 Å². The van der Waals surface area contributed by atoms with Crippen molar-refractivity contribution in [3.63, 3.8) is 0 Å². The molecule has 0 aliphatic heterocycles. The average molecular weight is 272 g/mol. The minimum atomic E-state index is -0.771. The van der Waals surface area contributed by atoms with Gasteiger partial charge in [0.25, 0.3) is 0 Å². The van der Waals surface area contributed by atoms with Crippen molar-refractivity contribution in [2.45, 2.75) is 39.3 Å². The molecule has 4 N–H and O–H groups in total. The summed E-state index contributed by atoms with van der Waals surface area (Å²) in [5.41, 5.74) is 0. The van der Waals surface area contributed by atoms with Crippen LogP contribution in [0.4, 0.5) is 4.79 Å². The molecule has 0 bridgehead atoms. The number of hydrogen-bond donors (Lipinski definition) is 4. The van der Waals surface area contributed by atoms with Crippen molar-refractivity contribution in [1.82, 2.24) is 21.3 Å². The van der Waals surface area contributed by atoms with Gasteiger partial charge in [0.15, 0.2) is 0 Å². The predicted octanol–water partition coefficient (Wildman–Crippen LogP) is -0.419. The van der Waals surface area contributed by atoms with Crippen LogP contribution in [0.15, 0.2) is 0 Å². The van der Waals surface area contributed by atoms with Crippen molar-refractivity contribution in [2.75, 3.05) is 14.1 Å². The summed E-state index contributed by atoms with van der Waals surface area (Å²) in [6, 6.07) is -1.72. The third kappa shape index (κ3) is 6.76. The first-order valence-electron chi connectivity index (χ1n) is 6.32. The minimum absolute atomic E-state index is 0.254. The maximum atomic E-state index is 11.9. The third-order valence-corrected chi connectivity index (χ3v) is 2.59. The lowest BCUT2D eigenvalue weighted by atomic mass is 10.0. The highest BCUT2D eigenvalue weighted by atomic mass is 16.2. The van der Waals surface area contributed by atoms with E-state index in [4.69, 9.17) is 0 Å². The topological polar surface area (TPSA) is 99.3 Å². The van der Waals surface area contributed by atoms with Crippen LogP contribution in [0, 0.1) is 5.92 Å². The lowest BCUT2D eigenvalue weighted by Crippen LogP contribution is -2.53. The van der Waals surface area contributed by atoms with Gasteiger partial charge >= 0.3 is 6.03 Å². The molecule has 7 heteroatoms. The van der Waals surface area contributed by atoms with Crippen molar-refractivity contribution in [3.05, 3.63) is 0 Å². The third-order valence-electron chi connectivity index (χ3n) is 2.59. The normalized spacial score (nSPS) is 13.6. The van der Waals surface area contributed by atoms with Gasteiger partial charge in [-0.1, -0.05) is 13.8 Å². The number of imide groups is 1. The number of carbonyl (C=O) groups is 3. The van der Waals surface area contributed by atoms with E-state index >= 15 is 0 Å². The summed E-state index contributed by atoms with van der Waals surface area (Å²) in [4.78, 5) is 34.5. The van der Waals surface area contributed by atoms with E-state index < -0.39 is 18.0 Å². The molecule has 7 nitrogen and oxygen atoms in total. The number of urea groups is 1. The molecule has 0 rings (SSSR count). The number of nitrogens with one attached hydrogen (secondary N) is 4. The van der Waals surface area contributed by atoms with Crippen LogP contribution in [0.25, 0.3) is 0 Å². The second-order valence-electron chi connectivity index (χ2n) is 4.77. The maximum Gasteiger partial charge on any atom is 0.321 e. The zero-order valence-electron chi connectivity index (χ0n) is 12.2. The molecule has 0 aliphatic carbocycles. The summed E-state index contributed by atoms with van der Waals surface area (Å²) in [6.45, 7) is 5.55. The molecule has 19 heavy (non-hydrogen) atoms. The summed E-state index contributed by atoms with van der Waals surface area (Å²) in [5.74, 6) is -0.443. The molecule has 0 saturated heterocycles. The largest absolute Gasteiger partial charge is 0.343 e. The minimum Gasteiger partial charge on any atom is -0.343 e. The second-order valence-corrected chi connectivity index (χ2v) is 4.77.